The van der Waals surface area contributed by atoms with Gasteiger partial charge in [-0.1, -0.05) is 24.3 Å². The Morgan fingerprint density at radius 2 is 1.87 bits per heavy atom. The molecule has 0 radical (unpaired) electrons. The number of nitrogens with one attached hydrogen (secondary N) is 2. The van der Waals surface area contributed by atoms with Crippen LogP contribution in [0.4, 0.5) is 0 Å². The highest BCUT2D eigenvalue weighted by Crippen LogP contribution is 2.17. The quantitative estimate of drug-likeness (QED) is 0.800. The molecule has 1 aliphatic rings. The Balaban J connectivity index is 1.93. The van der Waals surface area contributed by atoms with E-state index in [-0.39, 0.29) is 18.1 Å². The molecule has 1 heterocycles. The largest absolute Gasteiger partial charge is 0.373 e. The highest BCUT2D eigenvalue weighted by atomic mass is 16.5. The minimum absolute atomic E-state index is 0.0859. The number of morpholine rings is 1. The number of hydrogen-bond donors (Lipinski definition) is 2. The molecule has 1 fully saturated rings. The number of carbonyl (C=O) groups is 1. The van der Waals surface area contributed by atoms with Gasteiger partial charge in [0.1, 0.15) is 0 Å². The van der Waals surface area contributed by atoms with E-state index in [1.807, 2.05) is 13.1 Å². The molecule has 1 aromatic rings. The average Bonchev–Trinajstić information content (AvgIpc) is 2.51. The maximum atomic E-state index is 11.8. The molecule has 23 heavy (non-hydrogen) atoms. The van der Waals surface area contributed by atoms with Gasteiger partial charge in [-0.15, -0.1) is 0 Å². The van der Waals surface area contributed by atoms with Crippen molar-refractivity contribution in [2.75, 3.05) is 26.7 Å². The van der Waals surface area contributed by atoms with E-state index in [0.717, 1.165) is 19.6 Å². The van der Waals surface area contributed by atoms with E-state index in [0.29, 0.717) is 19.5 Å². The fourth-order valence-electron chi connectivity index (χ4n) is 3.06. The van der Waals surface area contributed by atoms with Crippen molar-refractivity contribution < 1.29 is 9.53 Å². The Morgan fingerprint density at radius 3 is 2.52 bits per heavy atom. The topological polar surface area (TPSA) is 53.6 Å². The maximum Gasteiger partial charge on any atom is 0.221 e. The first-order valence-corrected chi connectivity index (χ1v) is 8.44. The van der Waals surface area contributed by atoms with Crippen LogP contribution >= 0.6 is 0 Å². The van der Waals surface area contributed by atoms with E-state index < -0.39 is 0 Å². The van der Waals surface area contributed by atoms with Crippen molar-refractivity contribution in [1.82, 2.24) is 15.5 Å². The third kappa shape index (κ3) is 5.94. The number of rotatable bonds is 7. The normalized spacial score (nSPS) is 22.0. The summed E-state index contributed by atoms with van der Waals surface area (Å²) in [6.07, 6.45) is 1.05. The highest BCUT2D eigenvalue weighted by molar-refractivity contribution is 5.76. The van der Waals surface area contributed by atoms with Gasteiger partial charge in [0.25, 0.3) is 0 Å². The Morgan fingerprint density at radius 1 is 1.22 bits per heavy atom. The zero-order chi connectivity index (χ0) is 16.7. The van der Waals surface area contributed by atoms with Crippen molar-refractivity contribution in [3.05, 3.63) is 35.4 Å². The first-order valence-electron chi connectivity index (χ1n) is 8.44. The number of carbonyl (C=O) groups excluding carboxylic acids is 1. The standard InChI is InChI=1S/C18H29N3O2/c1-14-11-21(12-15(2)23-14)13-17-7-5-4-6-16(17)10-20-18(22)8-9-19-3/h4-7,14-15,19H,8-13H2,1-3H3,(H,20,22). The second kappa shape index (κ2) is 9.01. The molecule has 2 unspecified atom stereocenters. The first kappa shape index (κ1) is 17.9. The van der Waals surface area contributed by atoms with Crippen molar-refractivity contribution in [3.63, 3.8) is 0 Å². The van der Waals surface area contributed by atoms with Crippen molar-refractivity contribution >= 4 is 5.91 Å². The summed E-state index contributed by atoms with van der Waals surface area (Å²) in [4.78, 5) is 14.2. The zero-order valence-electron chi connectivity index (χ0n) is 14.5. The fraction of sp³-hybridized carbons (Fsp3) is 0.611. The van der Waals surface area contributed by atoms with Crippen LogP contribution in [0.1, 0.15) is 31.4 Å². The molecule has 0 aromatic heterocycles. The van der Waals surface area contributed by atoms with Gasteiger partial charge in [-0.25, -0.2) is 0 Å². The van der Waals surface area contributed by atoms with Gasteiger partial charge in [0.15, 0.2) is 0 Å². The van der Waals surface area contributed by atoms with Crippen LogP contribution in [0.5, 0.6) is 0 Å². The number of benzene rings is 1. The average molecular weight is 319 g/mol. The third-order valence-corrected chi connectivity index (χ3v) is 4.09. The van der Waals surface area contributed by atoms with Crippen LogP contribution in [0.3, 0.4) is 0 Å². The van der Waals surface area contributed by atoms with Crippen LogP contribution in [0, 0.1) is 0 Å². The summed E-state index contributed by atoms with van der Waals surface area (Å²) in [5.41, 5.74) is 2.47. The molecule has 2 N–H and O–H groups in total. The van der Waals surface area contributed by atoms with E-state index >= 15 is 0 Å². The van der Waals surface area contributed by atoms with E-state index in [1.165, 1.54) is 11.1 Å². The van der Waals surface area contributed by atoms with E-state index in [1.54, 1.807) is 0 Å². The van der Waals surface area contributed by atoms with Crippen LogP contribution in [0.25, 0.3) is 0 Å². The van der Waals surface area contributed by atoms with E-state index in [4.69, 9.17) is 4.74 Å². The highest BCUT2D eigenvalue weighted by Gasteiger charge is 2.22. The Labute approximate surface area is 139 Å². The molecule has 1 aromatic carbocycles. The second-order valence-electron chi connectivity index (χ2n) is 6.35. The first-order chi connectivity index (χ1) is 11.1. The number of amides is 1. The molecule has 5 nitrogen and oxygen atoms in total. The lowest BCUT2D eigenvalue weighted by Crippen LogP contribution is -2.45. The molecule has 1 saturated heterocycles. The summed E-state index contributed by atoms with van der Waals surface area (Å²) in [5.74, 6) is 0.0859. The monoisotopic (exact) mass is 319 g/mol. The lowest BCUT2D eigenvalue weighted by molar-refractivity contribution is -0.121. The molecule has 128 valence electrons. The minimum atomic E-state index is 0.0859. The van der Waals surface area contributed by atoms with Crippen LogP contribution in [-0.4, -0.2) is 49.7 Å². The minimum Gasteiger partial charge on any atom is -0.373 e. The molecular weight excluding hydrogens is 290 g/mol. The smallest absolute Gasteiger partial charge is 0.221 e. The van der Waals surface area contributed by atoms with E-state index in [2.05, 4.69) is 47.6 Å². The number of hydrogen-bond acceptors (Lipinski definition) is 4. The van der Waals surface area contributed by atoms with Crippen molar-refractivity contribution in [2.24, 2.45) is 0 Å². The summed E-state index contributed by atoms with van der Waals surface area (Å²) in [7, 11) is 1.85. The summed E-state index contributed by atoms with van der Waals surface area (Å²) >= 11 is 0. The summed E-state index contributed by atoms with van der Waals surface area (Å²) in [5, 5.41) is 6.00. The zero-order valence-corrected chi connectivity index (χ0v) is 14.5. The van der Waals surface area contributed by atoms with Gasteiger partial charge < -0.3 is 15.4 Å². The predicted octanol–water partition coefficient (Wildman–Crippen LogP) is 1.52. The summed E-state index contributed by atoms with van der Waals surface area (Å²) in [6.45, 7) is 8.35. The van der Waals surface area contributed by atoms with Crippen molar-refractivity contribution in [2.45, 2.75) is 45.6 Å². The van der Waals surface area contributed by atoms with Gasteiger partial charge in [0.05, 0.1) is 12.2 Å². The third-order valence-electron chi connectivity index (χ3n) is 4.09. The van der Waals surface area contributed by atoms with Gasteiger partial charge >= 0.3 is 0 Å². The van der Waals surface area contributed by atoms with Crippen molar-refractivity contribution in [3.8, 4) is 0 Å². The lowest BCUT2D eigenvalue weighted by Gasteiger charge is -2.35. The molecule has 0 spiro atoms. The lowest BCUT2D eigenvalue weighted by atomic mass is 10.1. The van der Waals surface area contributed by atoms with Crippen LogP contribution in [0.2, 0.25) is 0 Å². The van der Waals surface area contributed by atoms with Crippen molar-refractivity contribution in [1.29, 1.82) is 0 Å². The molecule has 1 aliphatic heterocycles. The molecule has 0 bridgehead atoms. The van der Waals surface area contributed by atoms with Gasteiger partial charge in [-0.2, -0.15) is 0 Å². The van der Waals surface area contributed by atoms with Gasteiger partial charge in [-0.3, -0.25) is 9.69 Å². The fourth-order valence-corrected chi connectivity index (χ4v) is 3.06. The summed E-state index contributed by atoms with van der Waals surface area (Å²) in [6, 6.07) is 8.35. The van der Waals surface area contributed by atoms with Gasteiger partial charge in [-0.05, 0) is 32.0 Å². The molecule has 0 aliphatic carbocycles. The Bertz CT molecular complexity index is 497. The van der Waals surface area contributed by atoms with E-state index in [9.17, 15) is 4.79 Å². The van der Waals surface area contributed by atoms with Crippen LogP contribution in [0.15, 0.2) is 24.3 Å². The van der Waals surface area contributed by atoms with Crippen LogP contribution < -0.4 is 10.6 Å². The molecular formula is C18H29N3O2. The molecule has 2 rings (SSSR count). The second-order valence-corrected chi connectivity index (χ2v) is 6.35. The predicted molar refractivity (Wildman–Crippen MR) is 92.1 cm³/mol. The SMILES string of the molecule is CNCCC(=O)NCc1ccccc1CN1CC(C)OC(C)C1. The number of ether oxygens (including phenoxy) is 1. The molecule has 0 saturated carbocycles. The number of nitrogens with zero attached hydrogens (tertiary/aromatic N) is 1. The van der Waals surface area contributed by atoms with Crippen LogP contribution in [-0.2, 0) is 22.6 Å². The summed E-state index contributed by atoms with van der Waals surface area (Å²) < 4.78 is 5.80. The maximum absolute atomic E-state index is 11.8. The Hall–Kier alpha value is -1.43. The van der Waals surface area contributed by atoms with Gasteiger partial charge in [0.2, 0.25) is 5.91 Å². The Kier molecular flexibility index (Phi) is 7.02. The molecule has 5 heteroatoms. The van der Waals surface area contributed by atoms with Gasteiger partial charge in [0, 0.05) is 39.1 Å². The molecule has 1 amide bonds. The molecule has 2 atom stereocenters.